The van der Waals surface area contributed by atoms with E-state index in [4.69, 9.17) is 2.74 Å². The van der Waals surface area contributed by atoms with Gasteiger partial charge in [0.15, 0.2) is 6.20 Å². The molecule has 1 heteroatoms. The van der Waals surface area contributed by atoms with Crippen molar-refractivity contribution in [2.75, 3.05) is 0 Å². The van der Waals surface area contributed by atoms with Crippen molar-refractivity contribution in [3.8, 4) is 11.3 Å². The molecule has 130 valence electrons. The summed E-state index contributed by atoms with van der Waals surface area (Å²) in [4.78, 5) is 0. The fourth-order valence-corrected chi connectivity index (χ4v) is 3.14. The predicted molar refractivity (Wildman–Crippen MR) is 105 cm³/mol. The van der Waals surface area contributed by atoms with Gasteiger partial charge >= 0.3 is 0 Å². The molecule has 0 bridgehead atoms. The Hall–Kier alpha value is -1.63. The number of hydrogen-bond acceptors (Lipinski definition) is 0. The van der Waals surface area contributed by atoms with Crippen LogP contribution in [0, 0.1) is 6.92 Å². The third kappa shape index (κ3) is 3.71. The largest absolute Gasteiger partial charge is 0.212 e. The standard InChI is InChI=1S/C23H34N/c1-10-17-14-21(24(9)15-20(17)23(6,7)8)19-12-11-18(13-16(19)2)22(3,4)5/h11-15H,10H2,1-9H3/q+1/i10D2. The molecule has 0 fully saturated rings. The molecule has 0 radical (unpaired) electrons. The number of aromatic nitrogens is 1. The van der Waals surface area contributed by atoms with E-state index in [0.717, 1.165) is 22.4 Å². The second-order valence-electron chi connectivity index (χ2n) is 8.88. The molecule has 2 aromatic rings. The maximum absolute atomic E-state index is 8.35. The van der Waals surface area contributed by atoms with Gasteiger partial charge in [0, 0.05) is 19.9 Å². The third-order valence-electron chi connectivity index (χ3n) is 4.72. The molecule has 0 spiro atoms. The third-order valence-corrected chi connectivity index (χ3v) is 4.72. The molecule has 0 aliphatic carbocycles. The first-order valence-electron chi connectivity index (χ1n) is 9.78. The normalized spacial score (nSPS) is 14.4. The lowest BCUT2D eigenvalue weighted by Gasteiger charge is -2.22. The van der Waals surface area contributed by atoms with Crippen LogP contribution in [-0.4, -0.2) is 0 Å². The average Bonchev–Trinajstić information content (AvgIpc) is 2.44. The molecule has 1 nitrogen and oxygen atoms in total. The Balaban J connectivity index is 2.72. The van der Waals surface area contributed by atoms with E-state index in [0.29, 0.717) is 0 Å². The molecular formula is C23H34N+. The van der Waals surface area contributed by atoms with Crippen molar-refractivity contribution < 1.29 is 7.31 Å². The van der Waals surface area contributed by atoms with Crippen molar-refractivity contribution in [2.24, 2.45) is 7.05 Å². The van der Waals surface area contributed by atoms with Crippen molar-refractivity contribution in [3.05, 3.63) is 52.7 Å². The molecule has 0 amide bonds. The highest BCUT2D eigenvalue weighted by atomic mass is 14.9. The summed E-state index contributed by atoms with van der Waals surface area (Å²) in [5.74, 6) is 0. The molecule has 0 aliphatic rings. The molecule has 2 rings (SSSR count). The van der Waals surface area contributed by atoms with Gasteiger partial charge in [0.05, 0.1) is 0 Å². The molecule has 1 aromatic heterocycles. The average molecular weight is 327 g/mol. The topological polar surface area (TPSA) is 3.88 Å². The zero-order chi connectivity index (χ0) is 20.1. The second kappa shape index (κ2) is 6.35. The van der Waals surface area contributed by atoms with E-state index < -0.39 is 6.37 Å². The highest BCUT2D eigenvalue weighted by Crippen LogP contribution is 2.31. The van der Waals surface area contributed by atoms with Gasteiger partial charge in [-0.2, -0.15) is 0 Å². The summed E-state index contributed by atoms with van der Waals surface area (Å²) in [5.41, 5.74) is 6.59. The molecule has 0 saturated heterocycles. The van der Waals surface area contributed by atoms with E-state index in [1.807, 2.05) is 6.07 Å². The Labute approximate surface area is 151 Å². The Kier molecular flexibility index (Phi) is 4.20. The van der Waals surface area contributed by atoms with Crippen LogP contribution in [0.3, 0.4) is 0 Å². The summed E-state index contributed by atoms with van der Waals surface area (Å²) < 4.78 is 18.8. The van der Waals surface area contributed by atoms with Gasteiger partial charge in [-0.3, -0.25) is 0 Å². The highest BCUT2D eigenvalue weighted by molar-refractivity contribution is 5.63. The lowest BCUT2D eigenvalue weighted by atomic mass is 9.83. The lowest BCUT2D eigenvalue weighted by Crippen LogP contribution is -2.34. The SMILES string of the molecule is [2H]C([2H])(C)c1cc(-c2ccc(C(C)(C)C)cc2C)[n+](C)cc1C(C)(C)C. The summed E-state index contributed by atoms with van der Waals surface area (Å²) >= 11 is 0. The lowest BCUT2D eigenvalue weighted by molar-refractivity contribution is -0.661. The van der Waals surface area contributed by atoms with Crippen LogP contribution in [0.4, 0.5) is 0 Å². The maximum Gasteiger partial charge on any atom is 0.212 e. The van der Waals surface area contributed by atoms with Gasteiger partial charge < -0.3 is 0 Å². The number of nitrogens with zero attached hydrogens (tertiary/aromatic N) is 1. The van der Waals surface area contributed by atoms with Gasteiger partial charge in [-0.1, -0.05) is 60.6 Å². The summed E-state index contributed by atoms with van der Waals surface area (Å²) in [6.45, 7) is 16.9. The minimum Gasteiger partial charge on any atom is -0.201 e. The number of aryl methyl sites for hydroxylation is 3. The molecule has 0 atom stereocenters. The van der Waals surface area contributed by atoms with Gasteiger partial charge in [-0.25, -0.2) is 4.57 Å². The van der Waals surface area contributed by atoms with E-state index in [1.165, 1.54) is 11.1 Å². The van der Waals surface area contributed by atoms with E-state index in [2.05, 4.69) is 84.5 Å². The maximum atomic E-state index is 8.35. The van der Waals surface area contributed by atoms with Crippen LogP contribution in [-0.2, 0) is 24.3 Å². The van der Waals surface area contributed by atoms with Crippen LogP contribution in [0.15, 0.2) is 30.5 Å². The van der Waals surface area contributed by atoms with Crippen LogP contribution >= 0.6 is 0 Å². The molecule has 24 heavy (non-hydrogen) atoms. The summed E-state index contributed by atoms with van der Waals surface area (Å²) in [7, 11) is 2.05. The van der Waals surface area contributed by atoms with Crippen LogP contribution in [0.1, 0.15) is 73.5 Å². The van der Waals surface area contributed by atoms with Gasteiger partial charge in [-0.15, -0.1) is 0 Å². The Morgan fingerprint density at radius 1 is 1.00 bits per heavy atom. The van der Waals surface area contributed by atoms with Crippen molar-refractivity contribution in [3.63, 3.8) is 0 Å². The molecule has 0 unspecified atom stereocenters. The fourth-order valence-electron chi connectivity index (χ4n) is 3.14. The van der Waals surface area contributed by atoms with Gasteiger partial charge in [0.1, 0.15) is 7.05 Å². The Morgan fingerprint density at radius 2 is 1.62 bits per heavy atom. The van der Waals surface area contributed by atoms with Gasteiger partial charge in [0.2, 0.25) is 5.69 Å². The van der Waals surface area contributed by atoms with E-state index in [1.54, 1.807) is 6.92 Å². The first kappa shape index (κ1) is 15.9. The molecule has 0 N–H and O–H groups in total. The summed E-state index contributed by atoms with van der Waals surface area (Å²) in [5, 5.41) is 0. The zero-order valence-corrected chi connectivity index (χ0v) is 16.8. The summed E-state index contributed by atoms with van der Waals surface area (Å²) in [6, 6.07) is 8.67. The van der Waals surface area contributed by atoms with E-state index in [-0.39, 0.29) is 10.8 Å². The smallest absolute Gasteiger partial charge is 0.201 e. The number of pyridine rings is 1. The Morgan fingerprint density at radius 3 is 2.08 bits per heavy atom. The molecule has 0 saturated carbocycles. The number of hydrogen-bond donors (Lipinski definition) is 0. The van der Waals surface area contributed by atoms with E-state index >= 15 is 0 Å². The van der Waals surface area contributed by atoms with Crippen molar-refractivity contribution >= 4 is 0 Å². The fraction of sp³-hybridized carbons (Fsp3) is 0.522. The second-order valence-corrected chi connectivity index (χ2v) is 8.88. The van der Waals surface area contributed by atoms with Crippen LogP contribution in [0.25, 0.3) is 11.3 Å². The minimum atomic E-state index is -1.38. The first-order chi connectivity index (χ1) is 11.6. The van der Waals surface area contributed by atoms with Gasteiger partial charge in [-0.05, 0) is 46.9 Å². The zero-order valence-electron chi connectivity index (χ0n) is 18.8. The van der Waals surface area contributed by atoms with Crippen molar-refractivity contribution in [1.29, 1.82) is 0 Å². The molecular weight excluding hydrogens is 290 g/mol. The number of benzene rings is 1. The monoisotopic (exact) mass is 326 g/mol. The predicted octanol–water partition coefficient (Wildman–Crippen LogP) is 5.64. The van der Waals surface area contributed by atoms with Crippen LogP contribution in [0.5, 0.6) is 0 Å². The van der Waals surface area contributed by atoms with Crippen LogP contribution in [0.2, 0.25) is 0 Å². The van der Waals surface area contributed by atoms with Crippen LogP contribution < -0.4 is 4.57 Å². The Bertz CT molecular complexity index is 816. The van der Waals surface area contributed by atoms with Crippen molar-refractivity contribution in [2.45, 2.75) is 72.6 Å². The highest BCUT2D eigenvalue weighted by Gasteiger charge is 2.24. The first-order valence-corrected chi connectivity index (χ1v) is 8.78. The number of rotatable bonds is 2. The minimum absolute atomic E-state index is 0.111. The molecule has 0 aliphatic heterocycles. The quantitative estimate of drug-likeness (QED) is 0.628. The van der Waals surface area contributed by atoms with Gasteiger partial charge in [0.25, 0.3) is 0 Å². The van der Waals surface area contributed by atoms with E-state index in [9.17, 15) is 0 Å². The molecule has 1 aromatic carbocycles. The summed E-state index contributed by atoms with van der Waals surface area (Å²) in [6.07, 6.45) is 0.716. The van der Waals surface area contributed by atoms with Crippen molar-refractivity contribution in [1.82, 2.24) is 0 Å². The molecule has 1 heterocycles.